The van der Waals surface area contributed by atoms with Crippen molar-refractivity contribution in [3.8, 4) is 0 Å². The largest absolute Gasteiger partial charge is 0.480 e. The van der Waals surface area contributed by atoms with E-state index < -0.39 is 12.0 Å². The quantitative estimate of drug-likeness (QED) is 0.862. The summed E-state index contributed by atoms with van der Waals surface area (Å²) in [4.78, 5) is 24.8. The van der Waals surface area contributed by atoms with E-state index in [0.29, 0.717) is 12.8 Å². The molecule has 1 fully saturated rings. The van der Waals surface area contributed by atoms with E-state index >= 15 is 0 Å². The molecule has 2 amide bonds. The monoisotopic (exact) mass is 276 g/mol. The lowest BCUT2D eigenvalue weighted by Crippen LogP contribution is -2.47. The van der Waals surface area contributed by atoms with Crippen molar-refractivity contribution in [2.45, 2.75) is 31.7 Å². The Morgan fingerprint density at radius 3 is 2.45 bits per heavy atom. The van der Waals surface area contributed by atoms with Crippen LogP contribution in [0.3, 0.4) is 0 Å². The number of hydrogen-bond donors (Lipinski definition) is 2. The summed E-state index contributed by atoms with van der Waals surface area (Å²) in [6.07, 6.45) is 3.03. The zero-order chi connectivity index (χ0) is 14.4. The highest BCUT2D eigenvalue weighted by molar-refractivity contribution is 5.82. The third-order valence-electron chi connectivity index (χ3n) is 3.55. The maximum Gasteiger partial charge on any atom is 0.326 e. The normalized spacial score (nSPS) is 15.9. The van der Waals surface area contributed by atoms with Crippen molar-refractivity contribution < 1.29 is 14.7 Å². The maximum atomic E-state index is 11.9. The number of carbonyl (C=O) groups is 2. The Bertz CT molecular complexity index is 455. The number of aryl methyl sites for hydroxylation is 1. The van der Waals surface area contributed by atoms with E-state index in [-0.39, 0.29) is 6.03 Å². The van der Waals surface area contributed by atoms with Gasteiger partial charge >= 0.3 is 12.0 Å². The van der Waals surface area contributed by atoms with Crippen molar-refractivity contribution in [3.63, 3.8) is 0 Å². The molecule has 1 atom stereocenters. The molecule has 2 N–H and O–H groups in total. The molecule has 0 spiro atoms. The molecule has 5 nitrogen and oxygen atoms in total. The van der Waals surface area contributed by atoms with Gasteiger partial charge < -0.3 is 15.3 Å². The van der Waals surface area contributed by atoms with Gasteiger partial charge in [-0.1, -0.05) is 30.3 Å². The third kappa shape index (κ3) is 3.98. The van der Waals surface area contributed by atoms with Crippen molar-refractivity contribution in [2.24, 2.45) is 0 Å². The van der Waals surface area contributed by atoms with Gasteiger partial charge in [-0.05, 0) is 31.2 Å². The maximum absolute atomic E-state index is 11.9. The number of nitrogens with zero attached hydrogens (tertiary/aromatic N) is 1. The number of carboxylic acid groups (broad SMARTS) is 1. The summed E-state index contributed by atoms with van der Waals surface area (Å²) in [6.45, 7) is 1.44. The van der Waals surface area contributed by atoms with Gasteiger partial charge in [-0.15, -0.1) is 0 Å². The van der Waals surface area contributed by atoms with Crippen LogP contribution in [0, 0.1) is 0 Å². The Morgan fingerprint density at radius 2 is 1.85 bits per heavy atom. The van der Waals surface area contributed by atoms with Gasteiger partial charge in [0.05, 0.1) is 0 Å². The van der Waals surface area contributed by atoms with Gasteiger partial charge in [0.2, 0.25) is 0 Å². The molecule has 108 valence electrons. The molecule has 1 unspecified atom stereocenters. The van der Waals surface area contributed by atoms with Crippen LogP contribution in [0.1, 0.15) is 24.8 Å². The topological polar surface area (TPSA) is 69.6 Å². The van der Waals surface area contributed by atoms with Gasteiger partial charge in [0.1, 0.15) is 6.04 Å². The number of rotatable bonds is 5. The van der Waals surface area contributed by atoms with E-state index in [1.807, 2.05) is 30.3 Å². The molecule has 5 heteroatoms. The molecular weight excluding hydrogens is 256 g/mol. The molecule has 0 saturated carbocycles. The molecule has 1 heterocycles. The van der Waals surface area contributed by atoms with Gasteiger partial charge in [-0.3, -0.25) is 0 Å². The minimum atomic E-state index is -0.978. The summed E-state index contributed by atoms with van der Waals surface area (Å²) in [5.41, 5.74) is 1.08. The lowest BCUT2D eigenvalue weighted by atomic mass is 10.1. The van der Waals surface area contributed by atoms with E-state index in [2.05, 4.69) is 5.32 Å². The zero-order valence-corrected chi connectivity index (χ0v) is 11.4. The van der Waals surface area contributed by atoms with Crippen LogP contribution < -0.4 is 5.32 Å². The van der Waals surface area contributed by atoms with Crippen LogP contribution >= 0.6 is 0 Å². The number of carbonyl (C=O) groups excluding carboxylic acids is 1. The summed E-state index contributed by atoms with van der Waals surface area (Å²) in [5.74, 6) is -0.978. The van der Waals surface area contributed by atoms with E-state index in [9.17, 15) is 14.7 Å². The molecule has 1 aromatic rings. The highest BCUT2D eigenvalue weighted by Gasteiger charge is 2.24. The van der Waals surface area contributed by atoms with Crippen LogP contribution in [0.25, 0.3) is 0 Å². The standard InChI is InChI=1S/C15H20N2O3/c18-14(19)13(9-8-12-6-2-1-3-7-12)16-15(20)17-10-4-5-11-17/h1-3,6-7,13H,4-5,8-11H2,(H,16,20)(H,18,19). The van der Waals surface area contributed by atoms with Crippen LogP contribution in [0.5, 0.6) is 0 Å². The fourth-order valence-electron chi connectivity index (χ4n) is 2.37. The number of carboxylic acids is 1. The van der Waals surface area contributed by atoms with E-state index in [4.69, 9.17) is 0 Å². The van der Waals surface area contributed by atoms with Gasteiger partial charge in [-0.2, -0.15) is 0 Å². The van der Waals surface area contributed by atoms with Gasteiger partial charge in [0, 0.05) is 13.1 Å². The van der Waals surface area contributed by atoms with Crippen molar-refractivity contribution in [3.05, 3.63) is 35.9 Å². The van der Waals surface area contributed by atoms with E-state index in [1.54, 1.807) is 4.90 Å². The summed E-state index contributed by atoms with van der Waals surface area (Å²) in [6, 6.07) is 8.60. The second-order valence-corrected chi connectivity index (χ2v) is 5.06. The Kier molecular flexibility index (Phi) is 4.98. The number of hydrogen-bond acceptors (Lipinski definition) is 2. The van der Waals surface area contributed by atoms with Gasteiger partial charge in [-0.25, -0.2) is 9.59 Å². The number of likely N-dealkylation sites (tertiary alicyclic amines) is 1. The third-order valence-corrected chi connectivity index (χ3v) is 3.55. The van der Waals surface area contributed by atoms with Crippen molar-refractivity contribution in [1.29, 1.82) is 0 Å². The van der Waals surface area contributed by atoms with E-state index in [1.165, 1.54) is 0 Å². The highest BCUT2D eigenvalue weighted by Crippen LogP contribution is 2.09. The summed E-state index contributed by atoms with van der Waals surface area (Å²) >= 11 is 0. The molecule has 2 rings (SSSR count). The average Bonchev–Trinajstić information content (AvgIpc) is 2.98. The van der Waals surface area contributed by atoms with Crippen LogP contribution in [0.4, 0.5) is 4.79 Å². The van der Waals surface area contributed by atoms with Gasteiger partial charge in [0.15, 0.2) is 0 Å². The first-order valence-corrected chi connectivity index (χ1v) is 6.99. The van der Waals surface area contributed by atoms with Crippen molar-refractivity contribution >= 4 is 12.0 Å². The summed E-state index contributed by atoms with van der Waals surface area (Å²) < 4.78 is 0. The number of nitrogens with one attached hydrogen (secondary N) is 1. The van der Waals surface area contributed by atoms with Crippen molar-refractivity contribution in [2.75, 3.05) is 13.1 Å². The first-order valence-electron chi connectivity index (χ1n) is 6.99. The lowest BCUT2D eigenvalue weighted by Gasteiger charge is -2.20. The Hall–Kier alpha value is -2.04. The fraction of sp³-hybridized carbons (Fsp3) is 0.467. The lowest BCUT2D eigenvalue weighted by molar-refractivity contribution is -0.139. The van der Waals surface area contributed by atoms with Crippen LogP contribution in [0.15, 0.2) is 30.3 Å². The summed E-state index contributed by atoms with van der Waals surface area (Å²) in [7, 11) is 0. The first-order chi connectivity index (χ1) is 9.66. The van der Waals surface area contributed by atoms with Crippen LogP contribution in [0.2, 0.25) is 0 Å². The Balaban J connectivity index is 1.87. The number of benzene rings is 1. The van der Waals surface area contributed by atoms with E-state index in [0.717, 1.165) is 31.5 Å². The molecule has 1 aliphatic rings. The Labute approximate surface area is 118 Å². The molecule has 0 aromatic heterocycles. The fourth-order valence-corrected chi connectivity index (χ4v) is 2.37. The second kappa shape index (κ2) is 6.93. The molecular formula is C15H20N2O3. The van der Waals surface area contributed by atoms with Crippen LogP contribution in [-0.2, 0) is 11.2 Å². The average molecular weight is 276 g/mol. The molecule has 0 radical (unpaired) electrons. The zero-order valence-electron chi connectivity index (χ0n) is 11.4. The van der Waals surface area contributed by atoms with Gasteiger partial charge in [0.25, 0.3) is 0 Å². The second-order valence-electron chi connectivity index (χ2n) is 5.06. The molecule has 1 aromatic carbocycles. The molecule has 1 aliphatic heterocycles. The minimum Gasteiger partial charge on any atom is -0.480 e. The molecule has 20 heavy (non-hydrogen) atoms. The number of urea groups is 1. The smallest absolute Gasteiger partial charge is 0.326 e. The number of amides is 2. The van der Waals surface area contributed by atoms with Crippen LogP contribution in [-0.4, -0.2) is 41.1 Å². The Morgan fingerprint density at radius 1 is 1.20 bits per heavy atom. The molecule has 1 saturated heterocycles. The van der Waals surface area contributed by atoms with Crippen molar-refractivity contribution in [1.82, 2.24) is 10.2 Å². The summed E-state index contributed by atoms with van der Waals surface area (Å²) in [5, 5.41) is 11.8. The predicted molar refractivity (Wildman–Crippen MR) is 75.5 cm³/mol. The highest BCUT2D eigenvalue weighted by atomic mass is 16.4. The SMILES string of the molecule is O=C(O)C(CCc1ccccc1)NC(=O)N1CCCC1. The molecule has 0 bridgehead atoms. The minimum absolute atomic E-state index is 0.261. The first kappa shape index (κ1) is 14.4. The number of aliphatic carboxylic acids is 1. The predicted octanol–water partition coefficient (Wildman–Crippen LogP) is 1.88. The molecule has 0 aliphatic carbocycles.